The lowest BCUT2D eigenvalue weighted by molar-refractivity contribution is -0.116. The van der Waals surface area contributed by atoms with Crippen molar-refractivity contribution >= 4 is 17.5 Å². The number of nitrogens with two attached hydrogens (primary N) is 2. The number of rotatable bonds is 4. The number of nitrogen functional groups attached to an aromatic ring is 1. The minimum atomic E-state index is -0.430. The maximum absolute atomic E-state index is 10.6. The van der Waals surface area contributed by atoms with Crippen LogP contribution in [0.5, 0.6) is 0 Å². The van der Waals surface area contributed by atoms with Gasteiger partial charge >= 0.3 is 0 Å². The van der Waals surface area contributed by atoms with Crippen molar-refractivity contribution in [2.24, 2.45) is 11.6 Å². The van der Waals surface area contributed by atoms with Gasteiger partial charge in [0.1, 0.15) is 5.82 Å². The lowest BCUT2D eigenvalue weighted by Crippen LogP contribution is -2.31. The van der Waals surface area contributed by atoms with Gasteiger partial charge in [-0.05, 0) is 0 Å². The van der Waals surface area contributed by atoms with Crippen LogP contribution in [0.1, 0.15) is 0 Å². The lowest BCUT2D eigenvalue weighted by atomic mass is 10.5. The van der Waals surface area contributed by atoms with E-state index >= 15 is 0 Å². The Morgan fingerprint density at radius 2 is 2.36 bits per heavy atom. The van der Waals surface area contributed by atoms with Crippen molar-refractivity contribution in [3.05, 3.63) is 12.4 Å². The molecule has 1 aromatic rings. The van der Waals surface area contributed by atoms with Crippen molar-refractivity contribution < 1.29 is 4.79 Å². The summed E-state index contributed by atoms with van der Waals surface area (Å²) in [6.45, 7) is 0.0860. The van der Waals surface area contributed by atoms with Gasteiger partial charge in [0.25, 0.3) is 0 Å². The van der Waals surface area contributed by atoms with Gasteiger partial charge in [0.2, 0.25) is 5.91 Å². The predicted molar refractivity (Wildman–Crippen MR) is 52.3 cm³/mol. The van der Waals surface area contributed by atoms with Gasteiger partial charge in [-0.2, -0.15) is 0 Å². The van der Waals surface area contributed by atoms with Gasteiger partial charge < -0.3 is 16.1 Å². The molecule has 7 heteroatoms. The molecule has 0 spiro atoms. The van der Waals surface area contributed by atoms with Gasteiger partial charge in [0.05, 0.1) is 18.9 Å². The fourth-order valence-electron chi connectivity index (χ4n) is 0.924. The number of hydrazine groups is 1. The number of primary amides is 1. The van der Waals surface area contributed by atoms with Gasteiger partial charge in [-0.25, -0.2) is 10.8 Å². The summed E-state index contributed by atoms with van der Waals surface area (Å²) in [6, 6.07) is 0. The van der Waals surface area contributed by atoms with E-state index in [4.69, 9.17) is 11.6 Å². The first kappa shape index (κ1) is 10.2. The molecule has 7 nitrogen and oxygen atoms in total. The van der Waals surface area contributed by atoms with E-state index in [0.29, 0.717) is 11.6 Å². The van der Waals surface area contributed by atoms with E-state index < -0.39 is 5.91 Å². The highest BCUT2D eigenvalue weighted by atomic mass is 16.1. The maximum Gasteiger partial charge on any atom is 0.236 e. The number of carbonyl (C=O) groups excluding carboxylic acids is 1. The number of hydrogen-bond acceptors (Lipinski definition) is 6. The summed E-state index contributed by atoms with van der Waals surface area (Å²) >= 11 is 0. The van der Waals surface area contributed by atoms with Gasteiger partial charge in [-0.3, -0.25) is 9.78 Å². The monoisotopic (exact) mass is 196 g/mol. The topological polar surface area (TPSA) is 110 Å². The first-order valence-electron chi connectivity index (χ1n) is 3.91. The van der Waals surface area contributed by atoms with Crippen LogP contribution in [0, 0.1) is 0 Å². The number of anilines is 2. The zero-order valence-corrected chi connectivity index (χ0v) is 7.77. The van der Waals surface area contributed by atoms with E-state index in [1.165, 1.54) is 12.4 Å². The summed E-state index contributed by atoms with van der Waals surface area (Å²) in [6.07, 6.45) is 2.99. The Kier molecular flexibility index (Phi) is 3.19. The summed E-state index contributed by atoms with van der Waals surface area (Å²) < 4.78 is 0. The van der Waals surface area contributed by atoms with Crippen LogP contribution >= 0.6 is 0 Å². The Balaban J connectivity index is 2.78. The van der Waals surface area contributed by atoms with Gasteiger partial charge in [-0.1, -0.05) is 0 Å². The van der Waals surface area contributed by atoms with E-state index in [1.807, 2.05) is 0 Å². The lowest BCUT2D eigenvalue weighted by Gasteiger charge is -2.15. The second-order valence-electron chi connectivity index (χ2n) is 2.73. The number of nitrogens with one attached hydrogen (secondary N) is 1. The Morgan fingerprint density at radius 3 is 2.93 bits per heavy atom. The predicted octanol–water partition coefficient (Wildman–Crippen LogP) is -1.32. The molecule has 0 bridgehead atoms. The Labute approximate surface area is 81.1 Å². The van der Waals surface area contributed by atoms with Crippen LogP contribution in [-0.4, -0.2) is 29.5 Å². The smallest absolute Gasteiger partial charge is 0.236 e. The molecular formula is C7H12N6O. The number of aromatic nitrogens is 2. The molecule has 0 aliphatic rings. The zero-order chi connectivity index (χ0) is 10.6. The molecule has 0 aromatic carbocycles. The number of hydrogen-bond donors (Lipinski definition) is 3. The molecule has 0 atom stereocenters. The molecular weight excluding hydrogens is 184 g/mol. The van der Waals surface area contributed by atoms with E-state index in [1.54, 1.807) is 11.9 Å². The van der Waals surface area contributed by atoms with Crippen molar-refractivity contribution in [3.63, 3.8) is 0 Å². The number of nitrogens with zero attached hydrogens (tertiary/aromatic N) is 3. The molecule has 1 rings (SSSR count). The Bertz CT molecular complexity index is 328. The van der Waals surface area contributed by atoms with Crippen LogP contribution in [0.2, 0.25) is 0 Å². The standard InChI is InChI=1S/C7H12N6O/c1-13(4-5(8)14)7-3-10-2-6(11-7)12-9/h2-3H,4,9H2,1H3,(H2,8,14)(H,11,12). The molecule has 0 fully saturated rings. The van der Waals surface area contributed by atoms with Crippen LogP contribution in [0.15, 0.2) is 12.4 Å². The van der Waals surface area contributed by atoms with Crippen LogP contribution in [-0.2, 0) is 4.79 Å². The van der Waals surface area contributed by atoms with E-state index in [-0.39, 0.29) is 6.54 Å². The molecule has 76 valence electrons. The highest BCUT2D eigenvalue weighted by Gasteiger charge is 2.06. The molecule has 0 aliphatic carbocycles. The molecule has 0 unspecified atom stereocenters. The van der Waals surface area contributed by atoms with E-state index in [9.17, 15) is 4.79 Å². The highest BCUT2D eigenvalue weighted by Crippen LogP contribution is 2.08. The summed E-state index contributed by atoms with van der Waals surface area (Å²) in [4.78, 5) is 20.2. The molecule has 1 heterocycles. The fourth-order valence-corrected chi connectivity index (χ4v) is 0.924. The summed E-state index contributed by atoms with van der Waals surface area (Å²) in [5.74, 6) is 5.68. The summed E-state index contributed by atoms with van der Waals surface area (Å²) in [5.41, 5.74) is 7.39. The third kappa shape index (κ3) is 2.56. The molecule has 0 saturated heterocycles. The molecule has 14 heavy (non-hydrogen) atoms. The largest absolute Gasteiger partial charge is 0.368 e. The van der Waals surface area contributed by atoms with Gasteiger partial charge in [0.15, 0.2) is 5.82 Å². The first-order chi connectivity index (χ1) is 6.63. The Morgan fingerprint density at radius 1 is 1.64 bits per heavy atom. The van der Waals surface area contributed by atoms with E-state index in [0.717, 1.165) is 0 Å². The average molecular weight is 196 g/mol. The van der Waals surface area contributed by atoms with Crippen molar-refractivity contribution in [1.29, 1.82) is 0 Å². The Hall–Kier alpha value is -1.89. The first-order valence-corrected chi connectivity index (χ1v) is 3.91. The van der Waals surface area contributed by atoms with Crippen LogP contribution < -0.4 is 21.9 Å². The summed E-state index contributed by atoms with van der Waals surface area (Å²) in [5, 5.41) is 0. The molecule has 0 radical (unpaired) electrons. The molecule has 1 aromatic heterocycles. The van der Waals surface area contributed by atoms with Crippen molar-refractivity contribution in [3.8, 4) is 0 Å². The molecule has 0 aliphatic heterocycles. The van der Waals surface area contributed by atoms with Crippen molar-refractivity contribution in [2.45, 2.75) is 0 Å². The summed E-state index contributed by atoms with van der Waals surface area (Å²) in [7, 11) is 1.69. The highest BCUT2D eigenvalue weighted by molar-refractivity contribution is 5.78. The average Bonchev–Trinajstić information content (AvgIpc) is 2.17. The van der Waals surface area contributed by atoms with Gasteiger partial charge in [-0.15, -0.1) is 0 Å². The van der Waals surface area contributed by atoms with Crippen molar-refractivity contribution in [1.82, 2.24) is 9.97 Å². The minimum absolute atomic E-state index is 0.0860. The quantitative estimate of drug-likeness (QED) is 0.407. The minimum Gasteiger partial charge on any atom is -0.368 e. The fraction of sp³-hybridized carbons (Fsp3) is 0.286. The molecule has 1 amide bonds. The van der Waals surface area contributed by atoms with Crippen molar-refractivity contribution in [2.75, 3.05) is 23.9 Å². The second kappa shape index (κ2) is 4.38. The number of carbonyl (C=O) groups is 1. The maximum atomic E-state index is 10.6. The van der Waals surface area contributed by atoms with Crippen LogP contribution in [0.3, 0.4) is 0 Å². The molecule has 5 N–H and O–H groups in total. The SMILES string of the molecule is CN(CC(N)=O)c1cncc(NN)n1. The normalized spacial score (nSPS) is 9.57. The van der Waals surface area contributed by atoms with E-state index in [2.05, 4.69) is 15.4 Å². The van der Waals surface area contributed by atoms with Crippen LogP contribution in [0.4, 0.5) is 11.6 Å². The van der Waals surface area contributed by atoms with Crippen LogP contribution in [0.25, 0.3) is 0 Å². The third-order valence-electron chi connectivity index (χ3n) is 1.55. The van der Waals surface area contributed by atoms with Gasteiger partial charge in [0, 0.05) is 7.05 Å². The third-order valence-corrected chi connectivity index (χ3v) is 1.55. The number of likely N-dealkylation sites (N-methyl/N-ethyl adjacent to an activating group) is 1. The number of amides is 1. The zero-order valence-electron chi connectivity index (χ0n) is 7.77. The second-order valence-corrected chi connectivity index (χ2v) is 2.73. The molecule has 0 saturated carbocycles.